The summed E-state index contributed by atoms with van der Waals surface area (Å²) in [6, 6.07) is 3.41. The molecule has 1 fully saturated rings. The summed E-state index contributed by atoms with van der Waals surface area (Å²) in [6.07, 6.45) is 2.14. The molecule has 0 aliphatic carbocycles. The van der Waals surface area contributed by atoms with Crippen molar-refractivity contribution in [3.63, 3.8) is 0 Å². The molecule has 1 aromatic carbocycles. The van der Waals surface area contributed by atoms with Crippen LogP contribution < -0.4 is 5.32 Å². The average Bonchev–Trinajstić information content (AvgIpc) is 2.66. The fraction of sp³-hybridized carbons (Fsp3) is 0.400. The number of nitrogens with one attached hydrogen (secondary N) is 1. The van der Waals surface area contributed by atoms with E-state index in [-0.39, 0.29) is 16.1 Å². The topological polar surface area (TPSA) is 12.0 Å². The molecular weight excluding hydrogens is 224 g/mol. The fourth-order valence-electron chi connectivity index (χ4n) is 1.75. The second-order valence-corrected chi connectivity index (χ2v) is 4.23. The minimum atomic E-state index is -0.442. The zero-order valence-corrected chi connectivity index (χ0v) is 9.00. The molecular formula is C10H10Cl2FN. The molecule has 76 valence electrons. The highest BCUT2D eigenvalue weighted by Crippen LogP contribution is 2.31. The molecule has 0 spiro atoms. The lowest BCUT2D eigenvalue weighted by Gasteiger charge is -2.11. The van der Waals surface area contributed by atoms with E-state index in [1.54, 1.807) is 6.07 Å². The van der Waals surface area contributed by atoms with Crippen molar-refractivity contribution in [3.8, 4) is 0 Å². The van der Waals surface area contributed by atoms with Gasteiger partial charge in [-0.15, -0.1) is 0 Å². The Hall–Kier alpha value is -0.310. The number of rotatable bonds is 1. The largest absolute Gasteiger partial charge is 0.310 e. The van der Waals surface area contributed by atoms with Crippen molar-refractivity contribution in [2.75, 3.05) is 6.54 Å². The third kappa shape index (κ3) is 1.88. The number of hydrogen-bond donors (Lipinski definition) is 1. The normalized spacial score (nSPS) is 21.5. The summed E-state index contributed by atoms with van der Waals surface area (Å²) in [5.41, 5.74) is 0.884. The van der Waals surface area contributed by atoms with Gasteiger partial charge in [0.1, 0.15) is 5.82 Å². The molecule has 1 atom stereocenters. The second-order valence-electron chi connectivity index (χ2n) is 3.45. The van der Waals surface area contributed by atoms with Crippen LogP contribution in [0.5, 0.6) is 0 Å². The maximum absolute atomic E-state index is 13.2. The Balaban J connectivity index is 2.34. The molecule has 2 rings (SSSR count). The SMILES string of the molecule is Fc1cc([C@H]2CCCN2)cc(Cl)c1Cl. The predicted molar refractivity (Wildman–Crippen MR) is 56.4 cm³/mol. The summed E-state index contributed by atoms with van der Waals surface area (Å²) in [7, 11) is 0. The summed E-state index contributed by atoms with van der Waals surface area (Å²) >= 11 is 11.4. The van der Waals surface area contributed by atoms with Gasteiger partial charge in [0.15, 0.2) is 0 Å². The maximum atomic E-state index is 13.2. The lowest BCUT2D eigenvalue weighted by Crippen LogP contribution is -2.13. The molecule has 1 aliphatic heterocycles. The Labute approximate surface area is 92.2 Å². The van der Waals surface area contributed by atoms with Gasteiger partial charge < -0.3 is 5.32 Å². The summed E-state index contributed by atoms with van der Waals surface area (Å²) in [6.45, 7) is 0.979. The standard InChI is InChI=1S/C10H10Cl2FN/c11-7-4-6(5-8(13)10(7)12)9-2-1-3-14-9/h4-5,9,14H,1-3H2/t9-/m1/s1. The average molecular weight is 234 g/mol. The van der Waals surface area contributed by atoms with Crippen LogP contribution in [0.3, 0.4) is 0 Å². The van der Waals surface area contributed by atoms with Gasteiger partial charge in [-0.05, 0) is 37.1 Å². The molecule has 1 nitrogen and oxygen atoms in total. The monoisotopic (exact) mass is 233 g/mol. The molecule has 0 aromatic heterocycles. The highest BCUT2D eigenvalue weighted by Gasteiger charge is 2.18. The van der Waals surface area contributed by atoms with Crippen LogP contribution in [0.4, 0.5) is 4.39 Å². The second kappa shape index (κ2) is 4.05. The number of hydrogen-bond acceptors (Lipinski definition) is 1. The molecule has 1 heterocycles. The van der Waals surface area contributed by atoms with Gasteiger partial charge in [-0.3, -0.25) is 0 Å². The molecule has 0 bridgehead atoms. The Morgan fingerprint density at radius 3 is 2.71 bits per heavy atom. The van der Waals surface area contributed by atoms with E-state index in [9.17, 15) is 4.39 Å². The highest BCUT2D eigenvalue weighted by atomic mass is 35.5. The van der Waals surface area contributed by atoms with Crippen LogP contribution >= 0.6 is 23.2 Å². The van der Waals surface area contributed by atoms with Crippen molar-refractivity contribution >= 4 is 23.2 Å². The van der Waals surface area contributed by atoms with E-state index >= 15 is 0 Å². The van der Waals surface area contributed by atoms with E-state index in [0.29, 0.717) is 0 Å². The van der Waals surface area contributed by atoms with Crippen molar-refractivity contribution in [1.82, 2.24) is 5.32 Å². The zero-order chi connectivity index (χ0) is 10.1. The third-order valence-corrected chi connectivity index (χ3v) is 3.25. The van der Waals surface area contributed by atoms with E-state index in [0.717, 1.165) is 24.9 Å². The van der Waals surface area contributed by atoms with Crippen molar-refractivity contribution in [2.45, 2.75) is 18.9 Å². The molecule has 1 N–H and O–H groups in total. The van der Waals surface area contributed by atoms with Crippen LogP contribution in [0, 0.1) is 5.82 Å². The molecule has 1 saturated heterocycles. The van der Waals surface area contributed by atoms with Crippen LogP contribution in [0.1, 0.15) is 24.4 Å². The smallest absolute Gasteiger partial charge is 0.143 e. The van der Waals surface area contributed by atoms with Crippen molar-refractivity contribution in [2.24, 2.45) is 0 Å². The quantitative estimate of drug-likeness (QED) is 0.732. The summed E-state index contributed by atoms with van der Waals surface area (Å²) in [4.78, 5) is 0. The van der Waals surface area contributed by atoms with Crippen molar-refractivity contribution in [3.05, 3.63) is 33.6 Å². The van der Waals surface area contributed by atoms with E-state index in [2.05, 4.69) is 5.32 Å². The molecule has 0 radical (unpaired) electrons. The first-order chi connectivity index (χ1) is 6.68. The van der Waals surface area contributed by atoms with Gasteiger partial charge in [-0.25, -0.2) is 4.39 Å². The summed E-state index contributed by atoms with van der Waals surface area (Å²) in [5, 5.41) is 3.57. The lowest BCUT2D eigenvalue weighted by atomic mass is 10.1. The van der Waals surface area contributed by atoms with Crippen LogP contribution in [0.2, 0.25) is 10.0 Å². The molecule has 0 saturated carbocycles. The minimum absolute atomic E-state index is 0.00779. The van der Waals surface area contributed by atoms with Gasteiger partial charge in [-0.2, -0.15) is 0 Å². The van der Waals surface area contributed by atoms with Crippen molar-refractivity contribution < 1.29 is 4.39 Å². The zero-order valence-electron chi connectivity index (χ0n) is 7.49. The van der Waals surface area contributed by atoms with Gasteiger partial charge in [0, 0.05) is 6.04 Å². The van der Waals surface area contributed by atoms with E-state index in [1.165, 1.54) is 6.07 Å². The van der Waals surface area contributed by atoms with Crippen LogP contribution in [0.15, 0.2) is 12.1 Å². The van der Waals surface area contributed by atoms with E-state index in [1.807, 2.05) is 0 Å². The Bertz CT molecular complexity index is 325. The number of benzene rings is 1. The maximum Gasteiger partial charge on any atom is 0.143 e. The van der Waals surface area contributed by atoms with Gasteiger partial charge in [0.2, 0.25) is 0 Å². The van der Waals surface area contributed by atoms with Crippen molar-refractivity contribution in [1.29, 1.82) is 0 Å². The molecule has 4 heteroatoms. The number of halogens is 3. The molecule has 1 aromatic rings. The molecule has 0 unspecified atom stereocenters. The molecule has 1 aliphatic rings. The first-order valence-electron chi connectivity index (χ1n) is 4.56. The van der Waals surface area contributed by atoms with Crippen LogP contribution in [-0.2, 0) is 0 Å². The van der Waals surface area contributed by atoms with Gasteiger partial charge >= 0.3 is 0 Å². The Kier molecular flexibility index (Phi) is 2.96. The highest BCUT2D eigenvalue weighted by molar-refractivity contribution is 6.42. The molecule has 14 heavy (non-hydrogen) atoms. The van der Waals surface area contributed by atoms with Gasteiger partial charge in [0.25, 0.3) is 0 Å². The van der Waals surface area contributed by atoms with Crippen LogP contribution in [-0.4, -0.2) is 6.54 Å². The van der Waals surface area contributed by atoms with E-state index in [4.69, 9.17) is 23.2 Å². The fourth-order valence-corrected chi connectivity index (χ4v) is 2.07. The first-order valence-corrected chi connectivity index (χ1v) is 5.32. The predicted octanol–water partition coefficient (Wildman–Crippen LogP) is 3.56. The van der Waals surface area contributed by atoms with E-state index < -0.39 is 5.82 Å². The third-order valence-electron chi connectivity index (χ3n) is 2.47. The minimum Gasteiger partial charge on any atom is -0.310 e. The van der Waals surface area contributed by atoms with Crippen LogP contribution in [0.25, 0.3) is 0 Å². The molecule has 0 amide bonds. The summed E-state index contributed by atoms with van der Waals surface area (Å²) < 4.78 is 13.2. The van der Waals surface area contributed by atoms with Gasteiger partial charge in [-0.1, -0.05) is 23.2 Å². The Morgan fingerprint density at radius 2 is 2.14 bits per heavy atom. The lowest BCUT2D eigenvalue weighted by molar-refractivity contribution is 0.607. The Morgan fingerprint density at radius 1 is 1.36 bits per heavy atom. The van der Waals surface area contributed by atoms with Gasteiger partial charge in [0.05, 0.1) is 10.0 Å². The summed E-state index contributed by atoms with van der Waals surface area (Å²) in [5.74, 6) is -0.442. The first kappa shape index (κ1) is 10.2.